The Morgan fingerprint density at radius 1 is 1.09 bits per heavy atom. The highest BCUT2D eigenvalue weighted by atomic mass is 35.5. The zero-order chi connectivity index (χ0) is 16.3. The number of hydrogen-bond donors (Lipinski definition) is 0. The van der Waals surface area contributed by atoms with Gasteiger partial charge in [-0.25, -0.2) is 0 Å². The van der Waals surface area contributed by atoms with Gasteiger partial charge in [-0.15, -0.1) is 6.58 Å². The molecule has 1 heteroatoms. The fraction of sp³-hybridized carbons (Fsp3) is 0.636. The molecule has 0 N–H and O–H groups in total. The van der Waals surface area contributed by atoms with Crippen LogP contribution in [0.25, 0.3) is 0 Å². The van der Waals surface area contributed by atoms with E-state index in [0.717, 1.165) is 22.8 Å². The SMILES string of the molecule is C=CC1CCC([C@@H]2CCCC[C@@]2(CC)c2ccc(Cl)cc2)CC1. The summed E-state index contributed by atoms with van der Waals surface area (Å²) in [6, 6.07) is 8.79. The van der Waals surface area contributed by atoms with Crippen LogP contribution >= 0.6 is 11.6 Å². The molecular weight excluding hydrogens is 300 g/mol. The van der Waals surface area contributed by atoms with Crippen LogP contribution in [-0.2, 0) is 5.41 Å². The normalized spacial score (nSPS) is 35.0. The summed E-state index contributed by atoms with van der Waals surface area (Å²) in [5.41, 5.74) is 1.93. The molecule has 0 aromatic heterocycles. The summed E-state index contributed by atoms with van der Waals surface area (Å²) in [6.07, 6.45) is 14.5. The quantitative estimate of drug-likeness (QED) is 0.513. The van der Waals surface area contributed by atoms with Gasteiger partial charge in [0, 0.05) is 5.02 Å². The van der Waals surface area contributed by atoms with Crippen LogP contribution in [-0.4, -0.2) is 0 Å². The van der Waals surface area contributed by atoms with E-state index in [1.54, 1.807) is 5.56 Å². The maximum absolute atomic E-state index is 6.15. The van der Waals surface area contributed by atoms with Crippen LogP contribution < -0.4 is 0 Å². The van der Waals surface area contributed by atoms with Gasteiger partial charge >= 0.3 is 0 Å². The van der Waals surface area contributed by atoms with Crippen LogP contribution in [0.1, 0.15) is 70.3 Å². The number of allylic oxidation sites excluding steroid dienone is 1. The van der Waals surface area contributed by atoms with Crippen LogP contribution in [0.4, 0.5) is 0 Å². The van der Waals surface area contributed by atoms with Gasteiger partial charge in [0.2, 0.25) is 0 Å². The summed E-state index contributed by atoms with van der Waals surface area (Å²) in [6.45, 7) is 6.42. The number of hydrogen-bond acceptors (Lipinski definition) is 0. The van der Waals surface area contributed by atoms with E-state index in [1.165, 1.54) is 57.8 Å². The summed E-state index contributed by atoms with van der Waals surface area (Å²) >= 11 is 6.15. The van der Waals surface area contributed by atoms with Crippen LogP contribution in [0, 0.1) is 17.8 Å². The lowest BCUT2D eigenvalue weighted by Gasteiger charge is -2.49. The van der Waals surface area contributed by atoms with E-state index in [9.17, 15) is 0 Å². The molecule has 2 atom stereocenters. The Morgan fingerprint density at radius 3 is 2.39 bits per heavy atom. The Morgan fingerprint density at radius 2 is 1.78 bits per heavy atom. The van der Waals surface area contributed by atoms with Crippen molar-refractivity contribution >= 4 is 11.6 Å². The lowest BCUT2D eigenvalue weighted by atomic mass is 9.55. The molecule has 0 heterocycles. The maximum Gasteiger partial charge on any atom is 0.0406 e. The van der Waals surface area contributed by atoms with Gasteiger partial charge in [-0.3, -0.25) is 0 Å². The van der Waals surface area contributed by atoms with Crippen molar-refractivity contribution in [2.24, 2.45) is 17.8 Å². The third-order valence-electron chi connectivity index (χ3n) is 6.87. The van der Waals surface area contributed by atoms with Crippen LogP contribution in [0.2, 0.25) is 5.02 Å². The van der Waals surface area contributed by atoms with Gasteiger partial charge in [-0.05, 0) is 85.8 Å². The Labute approximate surface area is 147 Å². The summed E-state index contributed by atoms with van der Waals surface area (Å²) in [7, 11) is 0. The summed E-state index contributed by atoms with van der Waals surface area (Å²) in [5.74, 6) is 2.52. The minimum absolute atomic E-state index is 0.383. The third kappa shape index (κ3) is 3.38. The predicted octanol–water partition coefficient (Wildman–Crippen LogP) is 7.17. The van der Waals surface area contributed by atoms with E-state index in [0.29, 0.717) is 5.41 Å². The fourth-order valence-electron chi connectivity index (χ4n) is 5.52. The molecule has 0 saturated heterocycles. The number of benzene rings is 1. The van der Waals surface area contributed by atoms with E-state index in [1.807, 2.05) is 0 Å². The molecule has 2 aliphatic carbocycles. The smallest absolute Gasteiger partial charge is 0.0406 e. The van der Waals surface area contributed by atoms with Crippen LogP contribution in [0.15, 0.2) is 36.9 Å². The topological polar surface area (TPSA) is 0 Å². The van der Waals surface area contributed by atoms with Crippen molar-refractivity contribution in [2.75, 3.05) is 0 Å². The van der Waals surface area contributed by atoms with Crippen molar-refractivity contribution in [2.45, 2.75) is 70.1 Å². The van der Waals surface area contributed by atoms with Crippen molar-refractivity contribution < 1.29 is 0 Å². The summed E-state index contributed by atoms with van der Waals surface area (Å²) < 4.78 is 0. The highest BCUT2D eigenvalue weighted by Crippen LogP contribution is 2.52. The van der Waals surface area contributed by atoms with Gasteiger partial charge in [0.05, 0.1) is 0 Å². The lowest BCUT2D eigenvalue weighted by molar-refractivity contribution is 0.0844. The molecule has 23 heavy (non-hydrogen) atoms. The third-order valence-corrected chi connectivity index (χ3v) is 7.12. The molecular formula is C22H31Cl. The van der Waals surface area contributed by atoms with Gasteiger partial charge in [-0.1, -0.05) is 49.6 Å². The van der Waals surface area contributed by atoms with Gasteiger partial charge in [0.1, 0.15) is 0 Å². The van der Waals surface area contributed by atoms with Gasteiger partial charge < -0.3 is 0 Å². The first kappa shape index (κ1) is 17.1. The number of halogens is 1. The van der Waals surface area contributed by atoms with Gasteiger partial charge in [-0.2, -0.15) is 0 Å². The van der Waals surface area contributed by atoms with Gasteiger partial charge in [0.25, 0.3) is 0 Å². The van der Waals surface area contributed by atoms with E-state index < -0.39 is 0 Å². The zero-order valence-corrected chi connectivity index (χ0v) is 15.3. The summed E-state index contributed by atoms with van der Waals surface area (Å²) in [4.78, 5) is 0. The van der Waals surface area contributed by atoms with Crippen molar-refractivity contribution in [3.63, 3.8) is 0 Å². The van der Waals surface area contributed by atoms with Crippen LogP contribution in [0.5, 0.6) is 0 Å². The second-order valence-corrected chi connectivity index (χ2v) is 8.22. The predicted molar refractivity (Wildman–Crippen MR) is 101 cm³/mol. The first-order valence-electron chi connectivity index (χ1n) is 9.58. The average molecular weight is 331 g/mol. The van der Waals surface area contributed by atoms with Crippen LogP contribution in [0.3, 0.4) is 0 Å². The molecule has 1 aromatic rings. The maximum atomic E-state index is 6.15. The fourth-order valence-corrected chi connectivity index (χ4v) is 5.65. The molecule has 0 spiro atoms. The molecule has 0 nitrogen and oxygen atoms in total. The average Bonchev–Trinajstić information content (AvgIpc) is 2.62. The van der Waals surface area contributed by atoms with E-state index in [2.05, 4.69) is 43.8 Å². The van der Waals surface area contributed by atoms with Crippen molar-refractivity contribution in [3.05, 3.63) is 47.5 Å². The first-order chi connectivity index (χ1) is 11.2. The Kier molecular flexibility index (Phi) is 5.52. The van der Waals surface area contributed by atoms with Crippen molar-refractivity contribution in [3.8, 4) is 0 Å². The molecule has 2 saturated carbocycles. The molecule has 2 fully saturated rings. The molecule has 3 rings (SSSR count). The molecule has 2 aliphatic rings. The summed E-state index contributed by atoms with van der Waals surface area (Å²) in [5, 5.41) is 0.860. The van der Waals surface area contributed by atoms with Gasteiger partial charge in [0.15, 0.2) is 0 Å². The molecule has 0 radical (unpaired) electrons. The molecule has 1 aromatic carbocycles. The Bertz CT molecular complexity index is 509. The first-order valence-corrected chi connectivity index (χ1v) is 9.96. The highest BCUT2D eigenvalue weighted by Gasteiger charge is 2.44. The van der Waals surface area contributed by atoms with E-state index in [4.69, 9.17) is 11.6 Å². The zero-order valence-electron chi connectivity index (χ0n) is 14.6. The second-order valence-electron chi connectivity index (χ2n) is 7.78. The standard InChI is InChI=1S/C22H31Cl/c1-3-17-8-10-18(11-9-17)21-7-5-6-16-22(21,4-2)19-12-14-20(23)15-13-19/h3,12-15,17-18,21H,1,4-11,16H2,2H3/t17?,18?,21-,22-/m0/s1. The largest absolute Gasteiger partial charge is 0.103 e. The highest BCUT2D eigenvalue weighted by molar-refractivity contribution is 6.30. The minimum Gasteiger partial charge on any atom is -0.103 e. The molecule has 126 valence electrons. The lowest BCUT2D eigenvalue weighted by Crippen LogP contribution is -2.42. The molecule has 0 bridgehead atoms. The molecule has 0 amide bonds. The minimum atomic E-state index is 0.383. The monoisotopic (exact) mass is 330 g/mol. The van der Waals surface area contributed by atoms with E-state index in [-0.39, 0.29) is 0 Å². The second kappa shape index (κ2) is 7.43. The van der Waals surface area contributed by atoms with Crippen molar-refractivity contribution in [1.82, 2.24) is 0 Å². The van der Waals surface area contributed by atoms with Crippen molar-refractivity contribution in [1.29, 1.82) is 0 Å². The van der Waals surface area contributed by atoms with E-state index >= 15 is 0 Å². The Balaban J connectivity index is 1.86. The number of rotatable bonds is 4. The Hall–Kier alpha value is -0.750. The molecule has 0 unspecified atom stereocenters. The molecule has 0 aliphatic heterocycles.